The highest BCUT2D eigenvalue weighted by Crippen LogP contribution is 2.11. The van der Waals surface area contributed by atoms with E-state index < -0.39 is 0 Å². The van der Waals surface area contributed by atoms with Crippen molar-refractivity contribution >= 4 is 6.21 Å². The van der Waals surface area contributed by atoms with E-state index in [0.29, 0.717) is 6.54 Å². The molecule has 1 heterocycles. The molecule has 0 aromatic heterocycles. The van der Waals surface area contributed by atoms with Crippen molar-refractivity contribution in [2.24, 2.45) is 10.7 Å². The molecule has 1 unspecified atom stereocenters. The maximum atomic E-state index is 5.75. The molecule has 1 aliphatic heterocycles. The lowest BCUT2D eigenvalue weighted by Crippen LogP contribution is -2.61. The van der Waals surface area contributed by atoms with Crippen LogP contribution in [0.15, 0.2) is 47.1 Å². The number of rotatable bonds is 4. The van der Waals surface area contributed by atoms with Crippen molar-refractivity contribution in [2.45, 2.75) is 32.0 Å². The Balaban J connectivity index is 1.95. The molecule has 1 aromatic carbocycles. The number of aliphatic imine (C=N–C) groups is 1. The van der Waals surface area contributed by atoms with Crippen LogP contribution in [0.2, 0.25) is 0 Å². The van der Waals surface area contributed by atoms with E-state index in [4.69, 9.17) is 5.73 Å². The molecule has 20 heavy (non-hydrogen) atoms. The van der Waals surface area contributed by atoms with Gasteiger partial charge in [-0.05, 0) is 19.4 Å². The van der Waals surface area contributed by atoms with Gasteiger partial charge in [0.2, 0.25) is 0 Å². The summed E-state index contributed by atoms with van der Waals surface area (Å²) in [6.07, 6.45) is 3.53. The Kier molecular flexibility index (Phi) is 4.93. The van der Waals surface area contributed by atoms with E-state index in [1.165, 1.54) is 5.56 Å². The van der Waals surface area contributed by atoms with Crippen LogP contribution in [-0.2, 0) is 6.54 Å². The molecule has 4 nitrogen and oxygen atoms in total. The van der Waals surface area contributed by atoms with Crippen LogP contribution in [0, 0.1) is 0 Å². The Morgan fingerprint density at radius 2 is 2.15 bits per heavy atom. The molecule has 1 saturated heterocycles. The van der Waals surface area contributed by atoms with Gasteiger partial charge < -0.3 is 16.4 Å². The summed E-state index contributed by atoms with van der Waals surface area (Å²) in [6, 6.07) is 10.4. The van der Waals surface area contributed by atoms with Crippen LogP contribution in [0.1, 0.15) is 19.4 Å². The molecule has 0 bridgehead atoms. The molecule has 1 aliphatic rings. The molecule has 0 saturated carbocycles. The van der Waals surface area contributed by atoms with Gasteiger partial charge in [-0.1, -0.05) is 30.3 Å². The zero-order valence-corrected chi connectivity index (χ0v) is 12.3. The summed E-state index contributed by atoms with van der Waals surface area (Å²) in [5, 5.41) is 7.02. The Labute approximate surface area is 121 Å². The molecule has 0 amide bonds. The molecule has 0 spiro atoms. The second-order valence-electron chi connectivity index (χ2n) is 5.83. The fourth-order valence-corrected chi connectivity index (χ4v) is 2.39. The molecular weight excluding hydrogens is 248 g/mol. The Morgan fingerprint density at radius 3 is 2.80 bits per heavy atom. The second kappa shape index (κ2) is 6.68. The average molecular weight is 272 g/mol. The summed E-state index contributed by atoms with van der Waals surface area (Å²) >= 11 is 0. The van der Waals surface area contributed by atoms with Crippen LogP contribution in [0.4, 0.5) is 0 Å². The third kappa shape index (κ3) is 4.18. The molecule has 4 heteroatoms. The van der Waals surface area contributed by atoms with Gasteiger partial charge in [0.15, 0.2) is 0 Å². The predicted octanol–water partition coefficient (Wildman–Crippen LogP) is 1.44. The summed E-state index contributed by atoms with van der Waals surface area (Å²) < 4.78 is 0. The SMILES string of the molecule is CC1(C)CNCC(/C(C=NCc2ccccc2)=C/N)N1. The van der Waals surface area contributed by atoms with Crippen molar-refractivity contribution in [3.8, 4) is 0 Å². The molecule has 0 radical (unpaired) electrons. The summed E-state index contributed by atoms with van der Waals surface area (Å²) in [5.41, 5.74) is 8.06. The van der Waals surface area contributed by atoms with Gasteiger partial charge in [-0.25, -0.2) is 0 Å². The van der Waals surface area contributed by atoms with Crippen molar-refractivity contribution in [1.82, 2.24) is 10.6 Å². The summed E-state index contributed by atoms with van der Waals surface area (Å²) in [4.78, 5) is 4.49. The molecule has 2 rings (SSSR count). The van der Waals surface area contributed by atoms with E-state index in [9.17, 15) is 0 Å². The van der Waals surface area contributed by atoms with Crippen molar-refractivity contribution in [3.63, 3.8) is 0 Å². The minimum atomic E-state index is 0.0739. The molecule has 1 fully saturated rings. The van der Waals surface area contributed by atoms with E-state index >= 15 is 0 Å². The van der Waals surface area contributed by atoms with Crippen LogP contribution in [-0.4, -0.2) is 30.9 Å². The zero-order chi connectivity index (χ0) is 14.4. The standard InChI is InChI=1S/C16H24N4/c1-16(2)12-19-11-15(20-16)14(8-17)10-18-9-13-6-4-3-5-7-13/h3-8,10,15,19-20H,9,11-12,17H2,1-2H3/b14-8+,18-10?. The number of piperazine rings is 1. The third-order valence-electron chi connectivity index (χ3n) is 3.43. The maximum absolute atomic E-state index is 5.75. The van der Waals surface area contributed by atoms with Gasteiger partial charge in [-0.2, -0.15) is 0 Å². The largest absolute Gasteiger partial charge is 0.404 e. The minimum Gasteiger partial charge on any atom is -0.404 e. The lowest BCUT2D eigenvalue weighted by Gasteiger charge is -2.38. The first-order chi connectivity index (χ1) is 9.61. The van der Waals surface area contributed by atoms with Crippen LogP contribution in [0.25, 0.3) is 0 Å². The Hall–Kier alpha value is -1.65. The summed E-state index contributed by atoms with van der Waals surface area (Å²) in [7, 11) is 0. The fourth-order valence-electron chi connectivity index (χ4n) is 2.39. The van der Waals surface area contributed by atoms with E-state index in [1.807, 2.05) is 24.4 Å². The highest BCUT2D eigenvalue weighted by atomic mass is 15.1. The highest BCUT2D eigenvalue weighted by molar-refractivity contribution is 5.80. The topological polar surface area (TPSA) is 62.4 Å². The second-order valence-corrected chi connectivity index (χ2v) is 5.83. The van der Waals surface area contributed by atoms with Gasteiger partial charge in [0.25, 0.3) is 0 Å². The monoisotopic (exact) mass is 272 g/mol. The first-order valence-electron chi connectivity index (χ1n) is 7.05. The van der Waals surface area contributed by atoms with Crippen LogP contribution < -0.4 is 16.4 Å². The first-order valence-corrected chi connectivity index (χ1v) is 7.05. The van der Waals surface area contributed by atoms with Crippen LogP contribution >= 0.6 is 0 Å². The van der Waals surface area contributed by atoms with Crippen molar-refractivity contribution in [1.29, 1.82) is 0 Å². The van der Waals surface area contributed by atoms with Crippen molar-refractivity contribution in [2.75, 3.05) is 13.1 Å². The summed E-state index contributed by atoms with van der Waals surface area (Å²) in [6.45, 7) is 6.89. The number of nitrogens with one attached hydrogen (secondary N) is 2. The van der Waals surface area contributed by atoms with E-state index in [0.717, 1.165) is 18.7 Å². The number of nitrogens with zero attached hydrogens (tertiary/aromatic N) is 1. The van der Waals surface area contributed by atoms with Gasteiger partial charge in [0.05, 0.1) is 6.54 Å². The van der Waals surface area contributed by atoms with E-state index in [-0.39, 0.29) is 11.6 Å². The van der Waals surface area contributed by atoms with Crippen LogP contribution in [0.5, 0.6) is 0 Å². The molecule has 108 valence electrons. The molecule has 0 aliphatic carbocycles. The molecule has 4 N–H and O–H groups in total. The molecular formula is C16H24N4. The number of benzene rings is 1. The number of hydrogen-bond donors (Lipinski definition) is 3. The normalized spacial score (nSPS) is 23.1. The molecule has 1 atom stereocenters. The summed E-state index contributed by atoms with van der Waals surface area (Å²) in [5.74, 6) is 0. The van der Waals surface area contributed by atoms with Gasteiger partial charge in [-0.3, -0.25) is 4.99 Å². The lowest BCUT2D eigenvalue weighted by molar-refractivity contribution is 0.285. The number of hydrogen-bond acceptors (Lipinski definition) is 4. The average Bonchev–Trinajstić information content (AvgIpc) is 2.43. The van der Waals surface area contributed by atoms with Gasteiger partial charge in [-0.15, -0.1) is 0 Å². The van der Waals surface area contributed by atoms with Gasteiger partial charge in [0.1, 0.15) is 0 Å². The predicted molar refractivity (Wildman–Crippen MR) is 84.8 cm³/mol. The highest BCUT2D eigenvalue weighted by Gasteiger charge is 2.27. The van der Waals surface area contributed by atoms with E-state index in [1.54, 1.807) is 6.20 Å². The maximum Gasteiger partial charge on any atom is 0.0639 e. The van der Waals surface area contributed by atoms with Crippen molar-refractivity contribution < 1.29 is 0 Å². The van der Waals surface area contributed by atoms with E-state index in [2.05, 4.69) is 41.6 Å². The number of nitrogens with two attached hydrogens (primary N) is 1. The molecule has 1 aromatic rings. The minimum absolute atomic E-state index is 0.0739. The lowest BCUT2D eigenvalue weighted by atomic mass is 9.97. The van der Waals surface area contributed by atoms with Gasteiger partial charge >= 0.3 is 0 Å². The Morgan fingerprint density at radius 1 is 1.40 bits per heavy atom. The Bertz CT molecular complexity index is 477. The van der Waals surface area contributed by atoms with Gasteiger partial charge in [0, 0.05) is 42.7 Å². The van der Waals surface area contributed by atoms with Crippen molar-refractivity contribution in [3.05, 3.63) is 47.7 Å². The fraction of sp³-hybridized carbons (Fsp3) is 0.438. The smallest absolute Gasteiger partial charge is 0.0639 e. The zero-order valence-electron chi connectivity index (χ0n) is 12.3. The quantitative estimate of drug-likeness (QED) is 0.727. The first kappa shape index (κ1) is 14.8. The third-order valence-corrected chi connectivity index (χ3v) is 3.43. The van der Waals surface area contributed by atoms with Crippen LogP contribution in [0.3, 0.4) is 0 Å².